The first-order valence-corrected chi connectivity index (χ1v) is 12.7. The molecule has 0 N–H and O–H groups in total. The lowest BCUT2D eigenvalue weighted by molar-refractivity contribution is -0.274. The fraction of sp³-hybridized carbons (Fsp3) is 0.143. The van der Waals surface area contributed by atoms with Gasteiger partial charge in [-0.15, -0.1) is 13.2 Å². The fourth-order valence-electron chi connectivity index (χ4n) is 4.23. The summed E-state index contributed by atoms with van der Waals surface area (Å²) in [6.07, 6.45) is -8.42. The van der Waals surface area contributed by atoms with Crippen LogP contribution in [0, 0.1) is 19.7 Å². The summed E-state index contributed by atoms with van der Waals surface area (Å²) in [4.78, 5) is 4.37. The van der Waals surface area contributed by atoms with Crippen LogP contribution in [0.5, 0.6) is 5.75 Å². The minimum atomic E-state index is -4.87. The first-order valence-electron chi connectivity index (χ1n) is 12.0. The Morgan fingerprint density at radius 2 is 1.49 bits per heavy atom. The van der Waals surface area contributed by atoms with Crippen LogP contribution in [0.25, 0.3) is 39.4 Å². The van der Waals surface area contributed by atoms with Gasteiger partial charge in [-0.05, 0) is 78.2 Å². The number of benzene rings is 3. The van der Waals surface area contributed by atoms with Gasteiger partial charge in [-0.3, -0.25) is 0 Å². The molecule has 0 unspecified atom stereocenters. The first kappa shape index (κ1) is 31.2. The zero-order chi connectivity index (χ0) is 31.5. The molecule has 0 radical (unpaired) electrons. The van der Waals surface area contributed by atoms with Crippen molar-refractivity contribution in [3.05, 3.63) is 95.9 Å². The number of alkyl halides is 6. The smallest absolute Gasteiger partial charge is 0.440 e. The highest BCUT2D eigenvalue weighted by Crippen LogP contribution is 2.39. The number of hydrogen-bond acceptors (Lipinski definition) is 6. The van der Waals surface area contributed by atoms with E-state index in [1.165, 1.54) is 30.3 Å². The molecule has 0 saturated heterocycles. The molecule has 0 spiro atoms. The molecule has 0 bridgehead atoms. The van der Waals surface area contributed by atoms with Crippen LogP contribution in [0.3, 0.4) is 0 Å². The molecule has 0 aliphatic heterocycles. The van der Waals surface area contributed by atoms with Gasteiger partial charge < -0.3 is 9.15 Å². The molecular formula is C28H18F7N3O4S. The van der Waals surface area contributed by atoms with E-state index in [9.17, 15) is 30.7 Å². The second kappa shape index (κ2) is 12.2. The van der Waals surface area contributed by atoms with E-state index in [2.05, 4.69) is 14.8 Å². The molecule has 0 aliphatic carbocycles. The molecule has 0 fully saturated rings. The number of oxazole rings is 1. The van der Waals surface area contributed by atoms with Gasteiger partial charge in [0, 0.05) is 24.2 Å². The number of hydrogen-bond donors (Lipinski definition) is 0. The summed E-state index contributed by atoms with van der Waals surface area (Å²) in [5.41, 5.74) is 1.61. The maximum atomic E-state index is 14.2. The summed E-state index contributed by atoms with van der Waals surface area (Å²) >= 11 is -0.750. The SMILES string of the molecule is Cc1cc(F)cc(-c2ccc(-n3ccc(C(F)(F)F)n3)c(-c3oc(C)nc3-c3ccc(OC(F)(F)F)cc3)c2)c1.O=S=O. The monoisotopic (exact) mass is 625 g/mol. The summed E-state index contributed by atoms with van der Waals surface area (Å²) in [6.45, 7) is 3.26. The molecule has 0 saturated carbocycles. The van der Waals surface area contributed by atoms with E-state index in [1.807, 2.05) is 0 Å². The van der Waals surface area contributed by atoms with Gasteiger partial charge >= 0.3 is 24.1 Å². The van der Waals surface area contributed by atoms with Crippen molar-refractivity contribution in [3.8, 4) is 45.1 Å². The number of aromatic nitrogens is 3. The summed E-state index contributed by atoms with van der Waals surface area (Å²) in [7, 11) is 0. The summed E-state index contributed by atoms with van der Waals surface area (Å²) in [5.74, 6) is -0.607. The van der Waals surface area contributed by atoms with Gasteiger partial charge in [-0.1, -0.05) is 12.1 Å². The van der Waals surface area contributed by atoms with E-state index in [0.717, 1.165) is 29.1 Å². The third-order valence-corrected chi connectivity index (χ3v) is 5.84. The van der Waals surface area contributed by atoms with Gasteiger partial charge in [0.2, 0.25) is 0 Å². The molecule has 7 nitrogen and oxygen atoms in total. The topological polar surface area (TPSA) is 87.2 Å². The third-order valence-electron chi connectivity index (χ3n) is 5.84. The normalized spacial score (nSPS) is 11.6. The van der Waals surface area contributed by atoms with E-state index in [-0.39, 0.29) is 28.6 Å². The maximum absolute atomic E-state index is 14.2. The molecular weight excluding hydrogens is 607 g/mol. The van der Waals surface area contributed by atoms with Crippen molar-refractivity contribution >= 4 is 11.6 Å². The fourth-order valence-corrected chi connectivity index (χ4v) is 4.23. The Morgan fingerprint density at radius 3 is 2.07 bits per heavy atom. The predicted molar refractivity (Wildman–Crippen MR) is 140 cm³/mol. The number of halogens is 7. The lowest BCUT2D eigenvalue weighted by atomic mass is 9.97. The minimum absolute atomic E-state index is 0.121. The van der Waals surface area contributed by atoms with Crippen LogP contribution in [-0.4, -0.2) is 29.5 Å². The number of rotatable bonds is 5. The van der Waals surface area contributed by atoms with Gasteiger partial charge in [-0.25, -0.2) is 14.1 Å². The van der Waals surface area contributed by atoms with Crippen molar-refractivity contribution in [3.63, 3.8) is 0 Å². The van der Waals surface area contributed by atoms with Gasteiger partial charge in [0.15, 0.2) is 17.3 Å². The van der Waals surface area contributed by atoms with E-state index in [1.54, 1.807) is 32.0 Å². The predicted octanol–water partition coefficient (Wildman–Crippen LogP) is 7.86. The van der Waals surface area contributed by atoms with Crippen LogP contribution in [0.4, 0.5) is 30.7 Å². The van der Waals surface area contributed by atoms with Crippen molar-refractivity contribution in [2.45, 2.75) is 26.4 Å². The molecule has 224 valence electrons. The van der Waals surface area contributed by atoms with Crippen molar-refractivity contribution in [2.75, 3.05) is 0 Å². The highest BCUT2D eigenvalue weighted by molar-refractivity contribution is 7.51. The highest BCUT2D eigenvalue weighted by atomic mass is 32.1. The van der Waals surface area contributed by atoms with Crippen LogP contribution < -0.4 is 4.74 Å². The van der Waals surface area contributed by atoms with Crippen molar-refractivity contribution < 1.29 is 48.3 Å². The minimum Gasteiger partial charge on any atom is -0.440 e. The highest BCUT2D eigenvalue weighted by Gasteiger charge is 2.34. The molecule has 15 heteroatoms. The molecule has 0 amide bonds. The number of ether oxygens (including phenoxy) is 1. The molecule has 0 aliphatic rings. The molecule has 2 heterocycles. The molecule has 43 heavy (non-hydrogen) atoms. The van der Waals surface area contributed by atoms with Gasteiger partial charge in [0.05, 0.1) is 5.69 Å². The molecule has 0 atom stereocenters. The van der Waals surface area contributed by atoms with Crippen LogP contribution in [0.2, 0.25) is 0 Å². The first-order chi connectivity index (χ1) is 20.2. The molecule has 5 aromatic rings. The molecule has 3 aromatic carbocycles. The van der Waals surface area contributed by atoms with Crippen molar-refractivity contribution in [1.29, 1.82) is 0 Å². The number of aryl methyl sites for hydroxylation is 2. The van der Waals surface area contributed by atoms with E-state index < -0.39 is 41.4 Å². The standard InChI is InChI=1S/C28H18F7N3O2.O2S/c1-15-11-19(13-20(29)12-15)18-5-8-23(38-10-9-24(37-38)27(30,31)32)22(14-18)26-25(36-16(2)39-26)17-3-6-21(7-4-17)40-28(33,34)35;1-3-2/h3-14H,1-2H3;. The van der Waals surface area contributed by atoms with E-state index in [0.29, 0.717) is 22.3 Å². The lowest BCUT2D eigenvalue weighted by Crippen LogP contribution is -2.16. The average Bonchev–Trinajstić information content (AvgIpc) is 3.55. The third kappa shape index (κ3) is 7.54. The zero-order valence-electron chi connectivity index (χ0n) is 22.0. The van der Waals surface area contributed by atoms with E-state index in [4.69, 9.17) is 12.8 Å². The van der Waals surface area contributed by atoms with Crippen LogP contribution in [0.15, 0.2) is 77.3 Å². The maximum Gasteiger partial charge on any atom is 0.573 e. The summed E-state index contributed by atoms with van der Waals surface area (Å²) < 4.78 is 119. The molecule has 2 aromatic heterocycles. The number of nitrogens with zero attached hydrogens (tertiary/aromatic N) is 3. The largest absolute Gasteiger partial charge is 0.573 e. The van der Waals surface area contributed by atoms with Crippen LogP contribution in [-0.2, 0) is 17.7 Å². The average molecular weight is 626 g/mol. The van der Waals surface area contributed by atoms with Crippen molar-refractivity contribution in [2.24, 2.45) is 0 Å². The quantitative estimate of drug-likeness (QED) is 0.185. The van der Waals surface area contributed by atoms with Crippen LogP contribution in [0.1, 0.15) is 17.1 Å². The van der Waals surface area contributed by atoms with Gasteiger partial charge in [-0.2, -0.15) is 26.7 Å². The summed E-state index contributed by atoms with van der Waals surface area (Å²) in [6, 6.07) is 14.8. The molecule has 5 rings (SSSR count). The Labute approximate surface area is 242 Å². The summed E-state index contributed by atoms with van der Waals surface area (Å²) in [5, 5.41) is 3.67. The van der Waals surface area contributed by atoms with Crippen LogP contribution >= 0.6 is 0 Å². The Morgan fingerprint density at radius 1 is 0.837 bits per heavy atom. The Hall–Kier alpha value is -4.79. The van der Waals surface area contributed by atoms with E-state index >= 15 is 0 Å². The van der Waals surface area contributed by atoms with Crippen molar-refractivity contribution in [1.82, 2.24) is 14.8 Å². The van der Waals surface area contributed by atoms with Gasteiger partial charge in [0.25, 0.3) is 0 Å². The second-order valence-corrected chi connectivity index (χ2v) is 9.08. The second-order valence-electron chi connectivity index (χ2n) is 8.94. The van der Waals surface area contributed by atoms with Gasteiger partial charge in [0.1, 0.15) is 17.3 Å². The lowest BCUT2D eigenvalue weighted by Gasteiger charge is -2.13. The Kier molecular flexibility index (Phi) is 8.85. The zero-order valence-corrected chi connectivity index (χ0v) is 22.8. The Bertz CT molecular complexity index is 1770. The Balaban J connectivity index is 0.00000135.